The van der Waals surface area contributed by atoms with Gasteiger partial charge in [0.15, 0.2) is 21.3 Å². The second-order valence-electron chi connectivity index (χ2n) is 5.49. The number of rotatable bonds is 5. The molecular weight excluding hydrogens is 330 g/mol. The van der Waals surface area contributed by atoms with E-state index in [1.807, 2.05) is 0 Å². The number of fused-ring (bicyclic) bond motifs is 1. The molecule has 24 heavy (non-hydrogen) atoms. The molecule has 0 unspecified atom stereocenters. The molecule has 6 nitrogen and oxygen atoms in total. The van der Waals surface area contributed by atoms with E-state index in [0.717, 1.165) is 5.56 Å². The Morgan fingerprint density at radius 3 is 2.50 bits per heavy atom. The van der Waals surface area contributed by atoms with Crippen LogP contribution in [-0.2, 0) is 16.3 Å². The summed E-state index contributed by atoms with van der Waals surface area (Å²) in [6.07, 6.45) is 1.79. The van der Waals surface area contributed by atoms with Crippen LogP contribution in [0.15, 0.2) is 47.4 Å². The minimum Gasteiger partial charge on any atom is -0.454 e. The Kier molecular flexibility index (Phi) is 4.44. The average molecular weight is 347 g/mol. The first kappa shape index (κ1) is 16.3. The Balaban J connectivity index is 1.55. The van der Waals surface area contributed by atoms with Crippen LogP contribution in [-0.4, -0.2) is 33.9 Å². The van der Waals surface area contributed by atoms with Crippen LogP contribution in [0.25, 0.3) is 0 Å². The Labute approximate surface area is 140 Å². The van der Waals surface area contributed by atoms with Gasteiger partial charge in [-0.25, -0.2) is 8.42 Å². The molecule has 0 atom stereocenters. The third-order valence-corrected chi connectivity index (χ3v) is 4.81. The maximum absolute atomic E-state index is 12.1. The van der Waals surface area contributed by atoms with E-state index in [-0.39, 0.29) is 17.6 Å². The van der Waals surface area contributed by atoms with E-state index in [4.69, 9.17) is 9.47 Å². The Morgan fingerprint density at radius 2 is 1.79 bits per heavy atom. The van der Waals surface area contributed by atoms with Crippen molar-refractivity contribution >= 4 is 15.7 Å². The summed E-state index contributed by atoms with van der Waals surface area (Å²) in [5, 5.41) is 2.83. The molecule has 0 saturated carbocycles. The molecular formula is C17H17NO5S. The predicted molar refractivity (Wildman–Crippen MR) is 88.2 cm³/mol. The van der Waals surface area contributed by atoms with Gasteiger partial charge in [0, 0.05) is 18.4 Å². The van der Waals surface area contributed by atoms with Crippen molar-refractivity contribution < 1.29 is 22.7 Å². The minimum atomic E-state index is -3.19. The second-order valence-corrected chi connectivity index (χ2v) is 7.51. The lowest BCUT2D eigenvalue weighted by Crippen LogP contribution is -2.25. The highest BCUT2D eigenvalue weighted by atomic mass is 32.2. The minimum absolute atomic E-state index is 0.171. The van der Waals surface area contributed by atoms with Crippen molar-refractivity contribution in [1.82, 2.24) is 5.32 Å². The zero-order valence-electron chi connectivity index (χ0n) is 13.1. The summed E-state index contributed by atoms with van der Waals surface area (Å²) in [5.74, 6) is 1.01. The highest BCUT2D eigenvalue weighted by Crippen LogP contribution is 2.32. The molecule has 3 rings (SSSR count). The maximum Gasteiger partial charge on any atom is 0.251 e. The first-order valence-corrected chi connectivity index (χ1v) is 9.29. The van der Waals surface area contributed by atoms with Gasteiger partial charge in [-0.2, -0.15) is 0 Å². The van der Waals surface area contributed by atoms with Crippen LogP contribution < -0.4 is 14.8 Å². The van der Waals surface area contributed by atoms with Gasteiger partial charge in [-0.3, -0.25) is 4.79 Å². The molecule has 1 aliphatic heterocycles. The van der Waals surface area contributed by atoms with Gasteiger partial charge in [0.2, 0.25) is 6.79 Å². The SMILES string of the molecule is CS(=O)(=O)c1ccc(CCNC(=O)c2ccc3c(c2)OCO3)cc1. The Hall–Kier alpha value is -2.54. The molecule has 0 radical (unpaired) electrons. The molecule has 2 aromatic rings. The van der Waals surface area contributed by atoms with Crippen molar-refractivity contribution in [2.45, 2.75) is 11.3 Å². The van der Waals surface area contributed by atoms with Crippen molar-refractivity contribution in [3.05, 3.63) is 53.6 Å². The van der Waals surface area contributed by atoms with Crippen LogP contribution in [0, 0.1) is 0 Å². The van der Waals surface area contributed by atoms with Crippen molar-refractivity contribution in [1.29, 1.82) is 0 Å². The number of amides is 1. The van der Waals surface area contributed by atoms with Crippen LogP contribution >= 0.6 is 0 Å². The molecule has 2 aromatic carbocycles. The van der Waals surface area contributed by atoms with E-state index in [0.29, 0.717) is 30.0 Å². The van der Waals surface area contributed by atoms with Gasteiger partial charge in [0.1, 0.15) is 0 Å². The molecule has 0 fully saturated rings. The third-order valence-electron chi connectivity index (χ3n) is 3.69. The van der Waals surface area contributed by atoms with E-state index in [2.05, 4.69) is 5.32 Å². The molecule has 1 amide bonds. The summed E-state index contributed by atoms with van der Waals surface area (Å²) in [6.45, 7) is 0.620. The number of sulfone groups is 1. The van der Waals surface area contributed by atoms with Gasteiger partial charge in [0.25, 0.3) is 5.91 Å². The number of benzene rings is 2. The van der Waals surface area contributed by atoms with Gasteiger partial charge in [-0.1, -0.05) is 12.1 Å². The highest BCUT2D eigenvalue weighted by Gasteiger charge is 2.16. The standard InChI is InChI=1S/C17H17NO5S/c1-24(20,21)14-5-2-12(3-6-14)8-9-18-17(19)13-4-7-15-16(10-13)23-11-22-15/h2-7,10H,8-9,11H2,1H3,(H,18,19). The van der Waals surface area contributed by atoms with E-state index in [1.54, 1.807) is 42.5 Å². The molecule has 0 aliphatic carbocycles. The fraction of sp³-hybridized carbons (Fsp3) is 0.235. The molecule has 0 saturated heterocycles. The number of hydrogen-bond donors (Lipinski definition) is 1. The maximum atomic E-state index is 12.1. The normalized spacial score (nSPS) is 12.9. The van der Waals surface area contributed by atoms with E-state index < -0.39 is 9.84 Å². The number of nitrogens with one attached hydrogen (secondary N) is 1. The van der Waals surface area contributed by atoms with Crippen LogP contribution in [0.2, 0.25) is 0 Å². The molecule has 1 aliphatic rings. The topological polar surface area (TPSA) is 81.7 Å². The number of hydrogen-bond acceptors (Lipinski definition) is 5. The third kappa shape index (κ3) is 3.68. The largest absolute Gasteiger partial charge is 0.454 e. The zero-order chi connectivity index (χ0) is 17.2. The number of ether oxygens (including phenoxy) is 2. The smallest absolute Gasteiger partial charge is 0.251 e. The van der Waals surface area contributed by atoms with E-state index in [9.17, 15) is 13.2 Å². The molecule has 0 aromatic heterocycles. The lowest BCUT2D eigenvalue weighted by atomic mass is 10.1. The summed E-state index contributed by atoms with van der Waals surface area (Å²) < 4.78 is 33.3. The van der Waals surface area contributed by atoms with Crippen molar-refractivity contribution in [2.24, 2.45) is 0 Å². The van der Waals surface area contributed by atoms with Crippen molar-refractivity contribution in [2.75, 3.05) is 19.6 Å². The average Bonchev–Trinajstić information content (AvgIpc) is 3.02. The van der Waals surface area contributed by atoms with Crippen LogP contribution in [0.4, 0.5) is 0 Å². The van der Waals surface area contributed by atoms with Crippen LogP contribution in [0.5, 0.6) is 11.5 Å². The van der Waals surface area contributed by atoms with Gasteiger partial charge in [0.05, 0.1) is 4.90 Å². The lowest BCUT2D eigenvalue weighted by molar-refractivity contribution is 0.0953. The monoisotopic (exact) mass is 347 g/mol. The van der Waals surface area contributed by atoms with Gasteiger partial charge >= 0.3 is 0 Å². The second kappa shape index (κ2) is 6.52. The highest BCUT2D eigenvalue weighted by molar-refractivity contribution is 7.90. The quantitative estimate of drug-likeness (QED) is 0.892. The summed E-state index contributed by atoms with van der Waals surface area (Å²) in [7, 11) is -3.19. The summed E-state index contributed by atoms with van der Waals surface area (Å²) >= 11 is 0. The summed E-state index contributed by atoms with van der Waals surface area (Å²) in [6, 6.07) is 11.7. The number of carbonyl (C=O) groups excluding carboxylic acids is 1. The first-order valence-electron chi connectivity index (χ1n) is 7.40. The fourth-order valence-corrected chi connectivity index (χ4v) is 2.99. The molecule has 126 valence electrons. The molecule has 1 heterocycles. The lowest BCUT2D eigenvalue weighted by Gasteiger charge is -2.07. The van der Waals surface area contributed by atoms with Gasteiger partial charge in [-0.05, 0) is 42.3 Å². The van der Waals surface area contributed by atoms with Crippen molar-refractivity contribution in [3.8, 4) is 11.5 Å². The van der Waals surface area contributed by atoms with Crippen molar-refractivity contribution in [3.63, 3.8) is 0 Å². The summed E-state index contributed by atoms with van der Waals surface area (Å²) in [5.41, 5.74) is 1.46. The first-order chi connectivity index (χ1) is 11.4. The van der Waals surface area contributed by atoms with Gasteiger partial charge < -0.3 is 14.8 Å². The fourth-order valence-electron chi connectivity index (χ4n) is 2.36. The summed E-state index contributed by atoms with van der Waals surface area (Å²) in [4.78, 5) is 12.4. The molecule has 1 N–H and O–H groups in total. The molecule has 0 bridgehead atoms. The Morgan fingerprint density at radius 1 is 1.08 bits per heavy atom. The predicted octanol–water partition coefficient (Wildman–Crippen LogP) is 1.79. The van der Waals surface area contributed by atoms with Crippen LogP contribution in [0.1, 0.15) is 15.9 Å². The van der Waals surface area contributed by atoms with E-state index in [1.165, 1.54) is 6.26 Å². The molecule has 7 heteroatoms. The Bertz CT molecular complexity index is 859. The zero-order valence-corrected chi connectivity index (χ0v) is 13.9. The van der Waals surface area contributed by atoms with Gasteiger partial charge in [-0.15, -0.1) is 0 Å². The van der Waals surface area contributed by atoms with E-state index >= 15 is 0 Å². The molecule has 0 spiro atoms. The van der Waals surface area contributed by atoms with Crippen LogP contribution in [0.3, 0.4) is 0 Å². The number of carbonyl (C=O) groups is 1.